The number of carbonyl (C=O) groups excluding carboxylic acids is 1. The normalized spacial score (nSPS) is 21.9. The lowest BCUT2D eigenvalue weighted by atomic mass is 9.82. The SMILES string of the molecule is Cc1cccc(C(=O)NCC2(C)CCCNC2)c1C.Cl. The maximum absolute atomic E-state index is 12.3. The molecule has 2 N–H and O–H groups in total. The van der Waals surface area contributed by atoms with Crippen molar-refractivity contribution < 1.29 is 4.79 Å². The van der Waals surface area contributed by atoms with Crippen LogP contribution in [0.5, 0.6) is 0 Å². The summed E-state index contributed by atoms with van der Waals surface area (Å²) >= 11 is 0. The van der Waals surface area contributed by atoms with Crippen molar-refractivity contribution in [1.82, 2.24) is 10.6 Å². The first-order chi connectivity index (χ1) is 9.02. The third-order valence-corrected chi connectivity index (χ3v) is 4.21. The molecule has 1 fully saturated rings. The Labute approximate surface area is 127 Å². The third-order valence-electron chi connectivity index (χ3n) is 4.21. The molecule has 1 saturated heterocycles. The molecule has 4 heteroatoms. The Balaban J connectivity index is 0.00000200. The molecule has 0 aliphatic carbocycles. The monoisotopic (exact) mass is 296 g/mol. The van der Waals surface area contributed by atoms with Gasteiger partial charge in [-0.25, -0.2) is 0 Å². The Morgan fingerprint density at radius 1 is 1.40 bits per heavy atom. The average molecular weight is 297 g/mol. The first-order valence-electron chi connectivity index (χ1n) is 7.07. The second kappa shape index (κ2) is 7.09. The van der Waals surface area contributed by atoms with Gasteiger partial charge in [0.05, 0.1) is 0 Å². The molecule has 1 aliphatic heterocycles. The summed E-state index contributed by atoms with van der Waals surface area (Å²) in [5, 5.41) is 6.51. The van der Waals surface area contributed by atoms with Crippen molar-refractivity contribution in [2.75, 3.05) is 19.6 Å². The number of rotatable bonds is 3. The molecule has 1 atom stereocenters. The van der Waals surface area contributed by atoms with Crippen LogP contribution >= 0.6 is 12.4 Å². The minimum atomic E-state index is 0. The van der Waals surface area contributed by atoms with Gasteiger partial charge in [0.1, 0.15) is 0 Å². The smallest absolute Gasteiger partial charge is 0.251 e. The van der Waals surface area contributed by atoms with Crippen molar-refractivity contribution in [3.05, 3.63) is 34.9 Å². The number of carbonyl (C=O) groups is 1. The van der Waals surface area contributed by atoms with E-state index in [0.29, 0.717) is 0 Å². The lowest BCUT2D eigenvalue weighted by molar-refractivity contribution is 0.0924. The van der Waals surface area contributed by atoms with Gasteiger partial charge in [0.25, 0.3) is 5.91 Å². The van der Waals surface area contributed by atoms with E-state index in [9.17, 15) is 4.79 Å². The molecular formula is C16H25ClN2O. The predicted octanol–water partition coefficient (Wildman–Crippen LogP) is 2.84. The van der Waals surface area contributed by atoms with Crippen molar-refractivity contribution in [2.24, 2.45) is 5.41 Å². The number of hydrogen-bond acceptors (Lipinski definition) is 2. The highest BCUT2D eigenvalue weighted by molar-refractivity contribution is 5.95. The van der Waals surface area contributed by atoms with Gasteiger partial charge in [0.15, 0.2) is 0 Å². The molecule has 1 amide bonds. The fourth-order valence-corrected chi connectivity index (χ4v) is 2.66. The van der Waals surface area contributed by atoms with Crippen molar-refractivity contribution in [1.29, 1.82) is 0 Å². The Hall–Kier alpha value is -1.06. The number of piperidine rings is 1. The zero-order chi connectivity index (χ0) is 13.9. The molecule has 0 spiro atoms. The lowest BCUT2D eigenvalue weighted by Crippen LogP contribution is -2.45. The van der Waals surface area contributed by atoms with Crippen LogP contribution in [0.1, 0.15) is 41.3 Å². The molecule has 112 valence electrons. The van der Waals surface area contributed by atoms with Crippen LogP contribution in [0.3, 0.4) is 0 Å². The van der Waals surface area contributed by atoms with Crippen molar-refractivity contribution in [3.63, 3.8) is 0 Å². The minimum Gasteiger partial charge on any atom is -0.351 e. The van der Waals surface area contributed by atoms with Crippen LogP contribution in [0.4, 0.5) is 0 Å². The van der Waals surface area contributed by atoms with E-state index in [0.717, 1.165) is 36.3 Å². The Morgan fingerprint density at radius 2 is 2.15 bits per heavy atom. The van der Waals surface area contributed by atoms with Gasteiger partial charge in [-0.3, -0.25) is 4.79 Å². The highest BCUT2D eigenvalue weighted by Crippen LogP contribution is 2.24. The van der Waals surface area contributed by atoms with Gasteiger partial charge >= 0.3 is 0 Å². The number of hydrogen-bond donors (Lipinski definition) is 2. The van der Waals surface area contributed by atoms with E-state index in [-0.39, 0.29) is 23.7 Å². The van der Waals surface area contributed by atoms with Crippen molar-refractivity contribution >= 4 is 18.3 Å². The third kappa shape index (κ3) is 3.97. The average Bonchev–Trinajstić information content (AvgIpc) is 2.40. The Morgan fingerprint density at radius 3 is 2.80 bits per heavy atom. The first kappa shape index (κ1) is 17.0. The summed E-state index contributed by atoms with van der Waals surface area (Å²) in [7, 11) is 0. The molecule has 0 bridgehead atoms. The summed E-state index contributed by atoms with van der Waals surface area (Å²) in [6, 6.07) is 5.89. The van der Waals surface area contributed by atoms with Crippen LogP contribution in [0.25, 0.3) is 0 Å². The highest BCUT2D eigenvalue weighted by Gasteiger charge is 2.27. The zero-order valence-electron chi connectivity index (χ0n) is 12.6. The fraction of sp³-hybridized carbons (Fsp3) is 0.562. The molecular weight excluding hydrogens is 272 g/mol. The molecule has 2 rings (SSSR count). The second-order valence-electron chi connectivity index (χ2n) is 6.02. The Bertz CT molecular complexity index is 468. The quantitative estimate of drug-likeness (QED) is 0.900. The molecule has 0 radical (unpaired) electrons. The Kier molecular flexibility index (Phi) is 6.03. The second-order valence-corrected chi connectivity index (χ2v) is 6.02. The van der Waals surface area contributed by atoms with Crippen LogP contribution in [-0.4, -0.2) is 25.5 Å². The van der Waals surface area contributed by atoms with E-state index >= 15 is 0 Å². The molecule has 1 aliphatic rings. The summed E-state index contributed by atoms with van der Waals surface area (Å²) in [6.07, 6.45) is 2.36. The van der Waals surface area contributed by atoms with Crippen LogP contribution in [0, 0.1) is 19.3 Å². The molecule has 20 heavy (non-hydrogen) atoms. The van der Waals surface area contributed by atoms with E-state index < -0.39 is 0 Å². The van der Waals surface area contributed by atoms with Gasteiger partial charge < -0.3 is 10.6 Å². The molecule has 3 nitrogen and oxygen atoms in total. The van der Waals surface area contributed by atoms with Gasteiger partial charge in [0.2, 0.25) is 0 Å². The summed E-state index contributed by atoms with van der Waals surface area (Å²) in [4.78, 5) is 12.3. The largest absolute Gasteiger partial charge is 0.351 e. The number of nitrogens with one attached hydrogen (secondary N) is 2. The summed E-state index contributed by atoms with van der Waals surface area (Å²) < 4.78 is 0. The van der Waals surface area contributed by atoms with Gasteiger partial charge in [0, 0.05) is 18.7 Å². The summed E-state index contributed by atoms with van der Waals surface area (Å²) in [5.41, 5.74) is 3.23. The van der Waals surface area contributed by atoms with Gasteiger partial charge in [-0.2, -0.15) is 0 Å². The van der Waals surface area contributed by atoms with E-state index in [1.165, 1.54) is 12.8 Å². The maximum Gasteiger partial charge on any atom is 0.251 e. The highest BCUT2D eigenvalue weighted by atomic mass is 35.5. The van der Waals surface area contributed by atoms with E-state index in [4.69, 9.17) is 0 Å². The summed E-state index contributed by atoms with van der Waals surface area (Å²) in [5.74, 6) is 0.0491. The standard InChI is InChI=1S/C16H24N2O.ClH/c1-12-6-4-7-14(13(12)2)15(19)18-11-16(3)8-5-9-17-10-16;/h4,6-7,17H,5,8-11H2,1-3H3,(H,18,19);1H. The minimum absolute atomic E-state index is 0. The van der Waals surface area contributed by atoms with Gasteiger partial charge in [-0.1, -0.05) is 19.1 Å². The van der Waals surface area contributed by atoms with E-state index in [2.05, 4.69) is 17.6 Å². The molecule has 1 aromatic carbocycles. The topological polar surface area (TPSA) is 41.1 Å². The molecule has 1 unspecified atom stereocenters. The van der Waals surface area contributed by atoms with Gasteiger partial charge in [-0.15, -0.1) is 12.4 Å². The summed E-state index contributed by atoms with van der Waals surface area (Å²) in [6.45, 7) is 9.11. The molecule has 1 aromatic rings. The molecule has 0 aromatic heterocycles. The predicted molar refractivity (Wildman–Crippen MR) is 85.7 cm³/mol. The van der Waals surface area contributed by atoms with Crippen molar-refractivity contribution in [2.45, 2.75) is 33.6 Å². The molecule has 1 heterocycles. The van der Waals surface area contributed by atoms with Crippen LogP contribution < -0.4 is 10.6 Å². The fourth-order valence-electron chi connectivity index (χ4n) is 2.66. The number of halogens is 1. The lowest BCUT2D eigenvalue weighted by Gasteiger charge is -2.34. The van der Waals surface area contributed by atoms with Crippen LogP contribution in [0.2, 0.25) is 0 Å². The first-order valence-corrected chi connectivity index (χ1v) is 7.07. The van der Waals surface area contributed by atoms with Crippen LogP contribution in [0.15, 0.2) is 18.2 Å². The number of benzene rings is 1. The van der Waals surface area contributed by atoms with Crippen molar-refractivity contribution in [3.8, 4) is 0 Å². The van der Waals surface area contributed by atoms with Crippen LogP contribution in [-0.2, 0) is 0 Å². The number of amides is 1. The molecule has 0 saturated carbocycles. The maximum atomic E-state index is 12.3. The van der Waals surface area contributed by atoms with E-state index in [1.54, 1.807) is 0 Å². The van der Waals surface area contributed by atoms with E-state index in [1.807, 2.05) is 32.0 Å². The number of aryl methyl sites for hydroxylation is 1. The zero-order valence-corrected chi connectivity index (χ0v) is 13.4. The van der Waals surface area contributed by atoms with Gasteiger partial charge in [-0.05, 0) is 55.8 Å².